The first-order valence-electron chi connectivity index (χ1n) is 5.66. The zero-order valence-electron chi connectivity index (χ0n) is 9.31. The van der Waals surface area contributed by atoms with Crippen molar-refractivity contribution in [3.05, 3.63) is 23.8 Å². The zero-order valence-corrected chi connectivity index (χ0v) is 9.31. The summed E-state index contributed by atoms with van der Waals surface area (Å²) >= 11 is 0. The van der Waals surface area contributed by atoms with E-state index in [1.165, 1.54) is 0 Å². The van der Waals surface area contributed by atoms with Crippen LogP contribution >= 0.6 is 0 Å². The van der Waals surface area contributed by atoms with Crippen molar-refractivity contribution in [1.82, 2.24) is 5.32 Å². The Bertz CT molecular complexity index is 461. The lowest BCUT2D eigenvalue weighted by molar-refractivity contribution is -0.122. The summed E-state index contributed by atoms with van der Waals surface area (Å²) in [6.07, 6.45) is 0.799. The van der Waals surface area contributed by atoms with Crippen molar-refractivity contribution in [2.24, 2.45) is 11.7 Å². The molecule has 1 heterocycles. The van der Waals surface area contributed by atoms with Crippen LogP contribution in [0.1, 0.15) is 12.0 Å². The predicted molar refractivity (Wildman–Crippen MR) is 60.5 cm³/mol. The second-order valence-corrected chi connectivity index (χ2v) is 4.41. The summed E-state index contributed by atoms with van der Waals surface area (Å²) in [6.45, 7) is 0.765. The molecule has 5 heteroatoms. The summed E-state index contributed by atoms with van der Waals surface area (Å²) in [5, 5.41) is 2.87. The minimum absolute atomic E-state index is 0.00371. The van der Waals surface area contributed by atoms with Gasteiger partial charge in [0.2, 0.25) is 12.7 Å². The molecular formula is C12H14N2O3. The van der Waals surface area contributed by atoms with Gasteiger partial charge in [-0.05, 0) is 24.1 Å². The summed E-state index contributed by atoms with van der Waals surface area (Å²) < 4.78 is 10.5. The Morgan fingerprint density at radius 3 is 2.94 bits per heavy atom. The van der Waals surface area contributed by atoms with Gasteiger partial charge in [0.25, 0.3) is 0 Å². The molecule has 1 amide bonds. The smallest absolute Gasteiger partial charge is 0.231 e. The largest absolute Gasteiger partial charge is 0.454 e. The molecular weight excluding hydrogens is 220 g/mol. The molecule has 90 valence electrons. The Kier molecular flexibility index (Phi) is 2.40. The fourth-order valence-corrected chi connectivity index (χ4v) is 1.89. The van der Waals surface area contributed by atoms with Gasteiger partial charge < -0.3 is 20.5 Å². The fraction of sp³-hybridized carbons (Fsp3) is 0.417. The Balaban J connectivity index is 1.60. The second kappa shape index (κ2) is 3.92. The highest BCUT2D eigenvalue weighted by atomic mass is 16.7. The topological polar surface area (TPSA) is 73.6 Å². The summed E-state index contributed by atoms with van der Waals surface area (Å²) in [6, 6.07) is 5.70. The van der Waals surface area contributed by atoms with E-state index in [9.17, 15) is 4.79 Å². The average molecular weight is 234 g/mol. The minimum Gasteiger partial charge on any atom is -0.454 e. The maximum absolute atomic E-state index is 11.6. The third-order valence-corrected chi connectivity index (χ3v) is 3.08. The molecule has 1 aliphatic heterocycles. The molecule has 1 aromatic rings. The van der Waals surface area contributed by atoms with Crippen LogP contribution in [-0.4, -0.2) is 18.7 Å². The molecule has 17 heavy (non-hydrogen) atoms. The van der Waals surface area contributed by atoms with Crippen LogP contribution in [0.3, 0.4) is 0 Å². The van der Waals surface area contributed by atoms with Gasteiger partial charge in [0.15, 0.2) is 11.5 Å². The summed E-state index contributed by atoms with van der Waals surface area (Å²) in [4.78, 5) is 11.6. The average Bonchev–Trinajstić information content (AvgIpc) is 2.90. The highest BCUT2D eigenvalue weighted by molar-refractivity contribution is 5.82. The van der Waals surface area contributed by atoms with E-state index in [1.54, 1.807) is 0 Å². The van der Waals surface area contributed by atoms with Crippen molar-refractivity contribution in [2.45, 2.75) is 19.0 Å². The molecule has 1 saturated carbocycles. The van der Waals surface area contributed by atoms with Gasteiger partial charge in [0, 0.05) is 12.6 Å². The normalized spacial score (nSPS) is 24.5. The molecule has 0 bridgehead atoms. The molecule has 2 aliphatic rings. The van der Waals surface area contributed by atoms with Crippen molar-refractivity contribution in [2.75, 3.05) is 6.79 Å². The number of carbonyl (C=O) groups excluding carboxylic acids is 1. The lowest BCUT2D eigenvalue weighted by atomic mass is 10.2. The van der Waals surface area contributed by atoms with Gasteiger partial charge >= 0.3 is 0 Å². The van der Waals surface area contributed by atoms with Gasteiger partial charge in [0.05, 0.1) is 5.92 Å². The number of amides is 1. The van der Waals surface area contributed by atoms with Gasteiger partial charge in [-0.3, -0.25) is 4.79 Å². The molecule has 0 aromatic heterocycles. The van der Waals surface area contributed by atoms with E-state index in [4.69, 9.17) is 15.2 Å². The number of carbonyl (C=O) groups is 1. The predicted octanol–water partition coefficient (Wildman–Crippen LogP) is 0.379. The van der Waals surface area contributed by atoms with Crippen LogP contribution in [-0.2, 0) is 11.3 Å². The van der Waals surface area contributed by atoms with Crippen LogP contribution in [0.4, 0.5) is 0 Å². The van der Waals surface area contributed by atoms with Crippen LogP contribution in [0.2, 0.25) is 0 Å². The maximum Gasteiger partial charge on any atom is 0.231 e. The number of hydrogen-bond donors (Lipinski definition) is 2. The van der Waals surface area contributed by atoms with E-state index in [0.29, 0.717) is 6.54 Å². The molecule has 3 rings (SSSR count). The summed E-state index contributed by atoms with van der Waals surface area (Å²) in [5.74, 6) is 1.53. The molecule has 1 aliphatic carbocycles. The van der Waals surface area contributed by atoms with E-state index in [2.05, 4.69) is 5.32 Å². The standard InChI is InChI=1S/C12H14N2O3/c13-9-4-8(9)12(15)14-5-7-1-2-10-11(3-7)17-6-16-10/h1-3,8-9H,4-6,13H2,(H,14,15). The van der Waals surface area contributed by atoms with Crippen molar-refractivity contribution in [3.63, 3.8) is 0 Å². The Labute approximate surface area is 98.9 Å². The molecule has 0 radical (unpaired) electrons. The van der Waals surface area contributed by atoms with Crippen molar-refractivity contribution in [3.8, 4) is 11.5 Å². The highest BCUT2D eigenvalue weighted by Crippen LogP contribution is 2.32. The molecule has 2 atom stereocenters. The SMILES string of the molecule is NC1CC1C(=O)NCc1ccc2c(c1)OCO2. The lowest BCUT2D eigenvalue weighted by Gasteiger charge is -2.05. The molecule has 3 N–H and O–H groups in total. The van der Waals surface area contributed by atoms with Gasteiger partial charge in [0.1, 0.15) is 0 Å². The van der Waals surface area contributed by atoms with E-state index < -0.39 is 0 Å². The van der Waals surface area contributed by atoms with Crippen molar-refractivity contribution in [1.29, 1.82) is 0 Å². The molecule has 5 nitrogen and oxygen atoms in total. The molecule has 2 unspecified atom stereocenters. The summed E-state index contributed by atoms with van der Waals surface area (Å²) in [7, 11) is 0. The van der Waals surface area contributed by atoms with Crippen LogP contribution < -0.4 is 20.5 Å². The highest BCUT2D eigenvalue weighted by Gasteiger charge is 2.39. The van der Waals surface area contributed by atoms with Crippen LogP contribution in [0.5, 0.6) is 11.5 Å². The van der Waals surface area contributed by atoms with Crippen LogP contribution in [0.25, 0.3) is 0 Å². The van der Waals surface area contributed by atoms with E-state index in [1.807, 2.05) is 18.2 Å². The first-order valence-corrected chi connectivity index (χ1v) is 5.66. The Hall–Kier alpha value is -1.75. The van der Waals surface area contributed by atoms with Crippen molar-refractivity contribution >= 4 is 5.91 Å². The number of benzene rings is 1. The first-order chi connectivity index (χ1) is 8.24. The lowest BCUT2D eigenvalue weighted by Crippen LogP contribution is -2.26. The first kappa shape index (κ1) is 10.4. The summed E-state index contributed by atoms with van der Waals surface area (Å²) in [5.41, 5.74) is 6.61. The van der Waals surface area contributed by atoms with E-state index in [-0.39, 0.29) is 24.7 Å². The third-order valence-electron chi connectivity index (χ3n) is 3.08. The van der Waals surface area contributed by atoms with Crippen LogP contribution in [0.15, 0.2) is 18.2 Å². The number of hydrogen-bond acceptors (Lipinski definition) is 4. The quantitative estimate of drug-likeness (QED) is 0.793. The number of rotatable bonds is 3. The minimum atomic E-state index is 0.00371. The zero-order chi connectivity index (χ0) is 11.8. The van der Waals surface area contributed by atoms with Gasteiger partial charge in [-0.1, -0.05) is 6.07 Å². The van der Waals surface area contributed by atoms with Gasteiger partial charge in [-0.25, -0.2) is 0 Å². The fourth-order valence-electron chi connectivity index (χ4n) is 1.89. The molecule has 0 spiro atoms. The number of nitrogens with two attached hydrogens (primary N) is 1. The van der Waals surface area contributed by atoms with Crippen LogP contribution in [0, 0.1) is 5.92 Å². The Morgan fingerprint density at radius 2 is 2.18 bits per heavy atom. The number of ether oxygens (including phenoxy) is 2. The number of fused-ring (bicyclic) bond motifs is 1. The Morgan fingerprint density at radius 1 is 1.41 bits per heavy atom. The number of nitrogens with one attached hydrogen (secondary N) is 1. The maximum atomic E-state index is 11.6. The van der Waals surface area contributed by atoms with Gasteiger partial charge in [-0.2, -0.15) is 0 Å². The molecule has 1 fully saturated rings. The monoisotopic (exact) mass is 234 g/mol. The van der Waals surface area contributed by atoms with Crippen molar-refractivity contribution < 1.29 is 14.3 Å². The molecule has 0 saturated heterocycles. The second-order valence-electron chi connectivity index (χ2n) is 4.41. The van der Waals surface area contributed by atoms with E-state index >= 15 is 0 Å². The van der Waals surface area contributed by atoms with Gasteiger partial charge in [-0.15, -0.1) is 0 Å². The van der Waals surface area contributed by atoms with E-state index in [0.717, 1.165) is 23.5 Å². The molecule has 1 aromatic carbocycles. The third kappa shape index (κ3) is 2.06.